The highest BCUT2D eigenvalue weighted by Gasteiger charge is 2.07. The number of rotatable bonds is 18. The van der Waals surface area contributed by atoms with Crippen LogP contribution in [0.15, 0.2) is 60.8 Å². The van der Waals surface area contributed by atoms with Crippen LogP contribution in [0.5, 0.6) is 0 Å². The predicted molar refractivity (Wildman–Crippen MR) is 124 cm³/mol. The number of carbonyl (C=O) groups excluding carboxylic acids is 1. The summed E-state index contributed by atoms with van der Waals surface area (Å²) in [5.74, 6) is -0.346. The SMILES string of the molecule is CC/C=C\C=C\C(O)CC(O)/C=C\C=C/C/C=C\CCCCCC(=O)OCC(O)CO. The summed E-state index contributed by atoms with van der Waals surface area (Å²) in [5, 5.41) is 37.4. The summed E-state index contributed by atoms with van der Waals surface area (Å²) in [6.45, 7) is 1.47. The Labute approximate surface area is 187 Å². The molecular weight excluding hydrogens is 396 g/mol. The molecule has 0 spiro atoms. The molecule has 0 heterocycles. The molecular formula is C25H40O6. The molecule has 0 aliphatic rings. The van der Waals surface area contributed by atoms with E-state index in [1.165, 1.54) is 0 Å². The first-order chi connectivity index (χ1) is 15.0. The third-order valence-corrected chi connectivity index (χ3v) is 4.22. The highest BCUT2D eigenvalue weighted by molar-refractivity contribution is 5.69. The van der Waals surface area contributed by atoms with Crippen LogP contribution in [0.3, 0.4) is 0 Å². The second-order valence-corrected chi connectivity index (χ2v) is 7.23. The van der Waals surface area contributed by atoms with E-state index in [9.17, 15) is 15.0 Å². The smallest absolute Gasteiger partial charge is 0.305 e. The van der Waals surface area contributed by atoms with Crippen molar-refractivity contribution >= 4 is 5.97 Å². The van der Waals surface area contributed by atoms with Crippen LogP contribution in [-0.4, -0.2) is 57.9 Å². The maximum absolute atomic E-state index is 11.4. The van der Waals surface area contributed by atoms with Gasteiger partial charge in [0.05, 0.1) is 18.8 Å². The maximum Gasteiger partial charge on any atom is 0.305 e. The zero-order chi connectivity index (χ0) is 23.2. The van der Waals surface area contributed by atoms with Gasteiger partial charge < -0.3 is 25.2 Å². The number of aliphatic hydroxyl groups is 4. The highest BCUT2D eigenvalue weighted by Crippen LogP contribution is 2.06. The number of hydrogen-bond acceptors (Lipinski definition) is 6. The second-order valence-electron chi connectivity index (χ2n) is 7.23. The van der Waals surface area contributed by atoms with E-state index in [4.69, 9.17) is 14.9 Å². The van der Waals surface area contributed by atoms with E-state index in [1.54, 1.807) is 24.3 Å². The Hall–Kier alpha value is -1.99. The fourth-order valence-electron chi connectivity index (χ4n) is 2.48. The van der Waals surface area contributed by atoms with Gasteiger partial charge in [-0.05, 0) is 32.1 Å². The molecule has 176 valence electrons. The molecule has 31 heavy (non-hydrogen) atoms. The molecule has 0 rings (SSSR count). The summed E-state index contributed by atoms with van der Waals surface area (Å²) in [7, 11) is 0. The maximum atomic E-state index is 11.4. The largest absolute Gasteiger partial charge is 0.463 e. The minimum atomic E-state index is -1.00. The lowest BCUT2D eigenvalue weighted by molar-refractivity contribution is -0.147. The van der Waals surface area contributed by atoms with E-state index < -0.39 is 24.9 Å². The average Bonchev–Trinajstić information content (AvgIpc) is 2.75. The normalized spacial score (nSPS) is 15.6. The molecule has 0 aliphatic heterocycles. The third-order valence-electron chi connectivity index (χ3n) is 4.22. The average molecular weight is 437 g/mol. The first-order valence-corrected chi connectivity index (χ1v) is 11.1. The van der Waals surface area contributed by atoms with Gasteiger partial charge in [-0.1, -0.05) is 74.1 Å². The van der Waals surface area contributed by atoms with Gasteiger partial charge in [0.15, 0.2) is 0 Å². The Balaban J connectivity index is 3.72. The van der Waals surface area contributed by atoms with E-state index in [1.807, 2.05) is 31.2 Å². The molecule has 0 saturated carbocycles. The van der Waals surface area contributed by atoms with Crippen LogP contribution in [-0.2, 0) is 9.53 Å². The lowest BCUT2D eigenvalue weighted by Gasteiger charge is -2.08. The van der Waals surface area contributed by atoms with Gasteiger partial charge in [-0.25, -0.2) is 0 Å². The van der Waals surface area contributed by atoms with Gasteiger partial charge in [-0.2, -0.15) is 0 Å². The van der Waals surface area contributed by atoms with Crippen molar-refractivity contribution in [1.29, 1.82) is 0 Å². The van der Waals surface area contributed by atoms with Crippen molar-refractivity contribution in [2.75, 3.05) is 13.2 Å². The van der Waals surface area contributed by atoms with Crippen LogP contribution >= 0.6 is 0 Å². The Morgan fingerprint density at radius 1 is 0.871 bits per heavy atom. The fourth-order valence-corrected chi connectivity index (χ4v) is 2.48. The molecule has 3 unspecified atom stereocenters. The van der Waals surface area contributed by atoms with Gasteiger partial charge in [0.1, 0.15) is 12.7 Å². The molecule has 0 amide bonds. The molecule has 0 aliphatic carbocycles. The number of hydrogen-bond donors (Lipinski definition) is 4. The van der Waals surface area contributed by atoms with Gasteiger partial charge in [-0.15, -0.1) is 0 Å². The van der Waals surface area contributed by atoms with Crippen molar-refractivity contribution < 1.29 is 30.0 Å². The Morgan fingerprint density at radius 2 is 1.55 bits per heavy atom. The number of esters is 1. The summed E-state index contributed by atoms with van der Waals surface area (Å²) < 4.78 is 4.83. The quantitative estimate of drug-likeness (QED) is 0.113. The van der Waals surface area contributed by atoms with Crippen LogP contribution in [0.1, 0.15) is 58.3 Å². The van der Waals surface area contributed by atoms with Crippen molar-refractivity contribution in [2.24, 2.45) is 0 Å². The number of carbonyl (C=O) groups is 1. The Bertz CT molecular complexity index is 577. The highest BCUT2D eigenvalue weighted by atomic mass is 16.5. The van der Waals surface area contributed by atoms with Crippen molar-refractivity contribution in [3.05, 3.63) is 60.8 Å². The minimum Gasteiger partial charge on any atom is -0.463 e. The van der Waals surface area contributed by atoms with E-state index >= 15 is 0 Å². The van der Waals surface area contributed by atoms with E-state index in [-0.39, 0.29) is 19.0 Å². The van der Waals surface area contributed by atoms with Crippen LogP contribution in [0.25, 0.3) is 0 Å². The second kappa shape index (κ2) is 21.2. The fraction of sp³-hybridized carbons (Fsp3) is 0.560. The summed E-state index contributed by atoms with van der Waals surface area (Å²) in [5.41, 5.74) is 0. The first-order valence-electron chi connectivity index (χ1n) is 11.1. The molecule has 0 aromatic heterocycles. The molecule has 4 N–H and O–H groups in total. The molecule has 3 atom stereocenters. The van der Waals surface area contributed by atoms with E-state index in [0.717, 1.165) is 38.5 Å². The number of aliphatic hydroxyl groups excluding tert-OH is 4. The molecule has 0 saturated heterocycles. The Morgan fingerprint density at radius 3 is 2.19 bits per heavy atom. The number of ether oxygens (including phenoxy) is 1. The molecule has 0 radical (unpaired) electrons. The molecule has 0 fully saturated rings. The van der Waals surface area contributed by atoms with E-state index in [0.29, 0.717) is 6.42 Å². The van der Waals surface area contributed by atoms with Crippen LogP contribution in [0.4, 0.5) is 0 Å². The molecule has 0 aromatic rings. The summed E-state index contributed by atoms with van der Waals surface area (Å²) in [4.78, 5) is 11.4. The molecule has 0 bridgehead atoms. The van der Waals surface area contributed by atoms with Crippen LogP contribution in [0.2, 0.25) is 0 Å². The standard InChI is InChI=1S/C25H40O6/c1-2-3-4-13-16-22(27)19-23(28)17-14-11-9-7-5-6-8-10-12-15-18-25(30)31-21-24(29)20-26/h3-6,9,11,13-14,16-17,22-24,26-29H,2,7-8,10,12,15,18-21H2,1H3/b4-3-,6-5-,11-9-,16-13+,17-14-. The molecule has 6 heteroatoms. The lowest BCUT2D eigenvalue weighted by atomic mass is 10.1. The zero-order valence-corrected chi connectivity index (χ0v) is 18.7. The Kier molecular flexibility index (Phi) is 19.9. The van der Waals surface area contributed by atoms with Gasteiger partial charge >= 0.3 is 5.97 Å². The van der Waals surface area contributed by atoms with Gasteiger partial charge in [0.25, 0.3) is 0 Å². The monoisotopic (exact) mass is 436 g/mol. The third kappa shape index (κ3) is 21.0. The minimum absolute atomic E-state index is 0.157. The van der Waals surface area contributed by atoms with Crippen molar-refractivity contribution in [3.63, 3.8) is 0 Å². The van der Waals surface area contributed by atoms with Crippen LogP contribution < -0.4 is 0 Å². The topological polar surface area (TPSA) is 107 Å². The molecule has 0 aromatic carbocycles. The predicted octanol–water partition coefficient (Wildman–Crippen LogP) is 3.53. The van der Waals surface area contributed by atoms with Crippen molar-refractivity contribution in [2.45, 2.75) is 76.6 Å². The van der Waals surface area contributed by atoms with Crippen molar-refractivity contribution in [1.82, 2.24) is 0 Å². The van der Waals surface area contributed by atoms with Crippen LogP contribution in [0, 0.1) is 0 Å². The molecule has 6 nitrogen and oxygen atoms in total. The lowest BCUT2D eigenvalue weighted by Crippen LogP contribution is -2.21. The summed E-state index contributed by atoms with van der Waals surface area (Å²) in [6.07, 6.45) is 22.4. The van der Waals surface area contributed by atoms with E-state index in [2.05, 4.69) is 12.2 Å². The summed E-state index contributed by atoms with van der Waals surface area (Å²) in [6, 6.07) is 0. The summed E-state index contributed by atoms with van der Waals surface area (Å²) >= 11 is 0. The first kappa shape index (κ1) is 29.0. The number of allylic oxidation sites excluding steroid dienone is 8. The van der Waals surface area contributed by atoms with Crippen molar-refractivity contribution in [3.8, 4) is 0 Å². The zero-order valence-electron chi connectivity index (χ0n) is 18.7. The number of unbranched alkanes of at least 4 members (excludes halogenated alkanes) is 3. The van der Waals surface area contributed by atoms with Gasteiger partial charge in [0, 0.05) is 12.8 Å². The van der Waals surface area contributed by atoms with Gasteiger partial charge in [0.2, 0.25) is 0 Å². The van der Waals surface area contributed by atoms with Gasteiger partial charge in [-0.3, -0.25) is 4.79 Å².